The van der Waals surface area contributed by atoms with Crippen LogP contribution in [-0.2, 0) is 11.2 Å². The number of carbonyl (C=O) groups is 1. The minimum atomic E-state index is -0.448. The number of amides is 1. The molecule has 0 aliphatic carbocycles. The highest BCUT2D eigenvalue weighted by molar-refractivity contribution is 5.88. The zero-order chi connectivity index (χ0) is 22.0. The summed E-state index contributed by atoms with van der Waals surface area (Å²) in [6, 6.07) is 10.1. The average Bonchev–Trinajstić information content (AvgIpc) is 3.16. The first-order chi connectivity index (χ1) is 14.8. The second-order valence-corrected chi connectivity index (χ2v) is 9.41. The topological polar surface area (TPSA) is 68.5 Å². The van der Waals surface area contributed by atoms with Gasteiger partial charge in [-0.3, -0.25) is 4.98 Å². The van der Waals surface area contributed by atoms with Crippen LogP contribution in [0, 0.1) is 12.8 Å². The number of piperidine rings is 1. The number of rotatable bonds is 4. The summed E-state index contributed by atoms with van der Waals surface area (Å²) in [5.41, 5.74) is 4.50. The van der Waals surface area contributed by atoms with Crippen LogP contribution < -0.4 is 0 Å². The third-order valence-corrected chi connectivity index (χ3v) is 5.96. The second-order valence-electron chi connectivity index (χ2n) is 9.41. The lowest BCUT2D eigenvalue weighted by atomic mass is 9.91. The molecular weight excluding hydrogens is 390 g/mol. The molecular formula is C25H31N3O3. The van der Waals surface area contributed by atoms with Crippen molar-refractivity contribution in [1.82, 2.24) is 15.0 Å². The van der Waals surface area contributed by atoms with E-state index in [9.17, 15) is 4.79 Å². The number of aromatic nitrogens is 2. The zero-order valence-electron chi connectivity index (χ0n) is 18.9. The van der Waals surface area contributed by atoms with Gasteiger partial charge in [-0.25, -0.2) is 4.79 Å². The molecule has 3 aromatic rings. The van der Waals surface area contributed by atoms with Crippen molar-refractivity contribution >= 4 is 17.1 Å². The predicted molar refractivity (Wildman–Crippen MR) is 121 cm³/mol. The molecule has 0 unspecified atom stereocenters. The Hall–Kier alpha value is -2.89. The van der Waals surface area contributed by atoms with Gasteiger partial charge >= 0.3 is 6.09 Å². The van der Waals surface area contributed by atoms with Crippen LogP contribution in [0.25, 0.3) is 22.2 Å². The minimum absolute atomic E-state index is 0.201. The van der Waals surface area contributed by atoms with Crippen LogP contribution in [0.5, 0.6) is 0 Å². The number of pyridine rings is 1. The molecule has 1 aliphatic rings. The van der Waals surface area contributed by atoms with Crippen molar-refractivity contribution in [1.29, 1.82) is 0 Å². The Balaban J connectivity index is 1.37. The summed E-state index contributed by atoms with van der Waals surface area (Å²) in [5.74, 6) is 0.583. The Morgan fingerprint density at radius 1 is 1.19 bits per heavy atom. The number of hydrogen-bond acceptors (Lipinski definition) is 5. The summed E-state index contributed by atoms with van der Waals surface area (Å²) in [7, 11) is 0. The molecule has 6 heteroatoms. The smallest absolute Gasteiger partial charge is 0.410 e. The number of benzene rings is 1. The van der Waals surface area contributed by atoms with Crippen LogP contribution >= 0.6 is 0 Å². The Labute approximate surface area is 183 Å². The molecule has 1 amide bonds. The molecule has 6 nitrogen and oxygen atoms in total. The first-order valence-electron chi connectivity index (χ1n) is 11.1. The lowest BCUT2D eigenvalue weighted by Crippen LogP contribution is -2.41. The lowest BCUT2D eigenvalue weighted by molar-refractivity contribution is 0.0181. The van der Waals surface area contributed by atoms with E-state index in [0.717, 1.165) is 72.3 Å². The summed E-state index contributed by atoms with van der Waals surface area (Å²) in [4.78, 5) is 18.5. The van der Waals surface area contributed by atoms with Crippen molar-refractivity contribution in [2.45, 2.75) is 59.0 Å². The molecule has 0 bridgehead atoms. The van der Waals surface area contributed by atoms with Gasteiger partial charge in [-0.2, -0.15) is 0 Å². The minimum Gasteiger partial charge on any atom is -0.444 e. The Kier molecular flexibility index (Phi) is 5.99. The normalized spacial score (nSPS) is 15.4. The summed E-state index contributed by atoms with van der Waals surface area (Å²) >= 11 is 0. The fourth-order valence-corrected chi connectivity index (χ4v) is 4.24. The molecule has 4 rings (SSSR count). The first kappa shape index (κ1) is 21.3. The lowest BCUT2D eigenvalue weighted by Gasteiger charge is -2.33. The highest BCUT2D eigenvalue weighted by Crippen LogP contribution is 2.32. The number of ether oxygens (including phenoxy) is 1. The van der Waals surface area contributed by atoms with Crippen LogP contribution in [0.2, 0.25) is 0 Å². The summed E-state index contributed by atoms with van der Waals surface area (Å²) in [6.07, 6.45) is 5.53. The third-order valence-electron chi connectivity index (χ3n) is 5.96. The molecule has 2 aromatic heterocycles. The second kappa shape index (κ2) is 8.69. The van der Waals surface area contributed by atoms with Crippen LogP contribution in [0.1, 0.15) is 51.3 Å². The van der Waals surface area contributed by atoms with Gasteiger partial charge in [0.25, 0.3) is 0 Å². The molecule has 0 saturated carbocycles. The van der Waals surface area contributed by atoms with E-state index < -0.39 is 5.60 Å². The molecule has 0 spiro atoms. The van der Waals surface area contributed by atoms with E-state index in [2.05, 4.69) is 29.2 Å². The standard InChI is InChI=1S/C25H31N3O3/c1-17-19(21-7-5-6-14-26-21)9-10-20-22(27-31-23(17)20)11-8-18-12-15-28(16-13-18)24(29)30-25(2,3)4/h5-7,9-10,14,18H,8,11-13,15-16H2,1-4H3. The number of nitrogens with zero attached hydrogens (tertiary/aromatic N) is 3. The molecule has 0 atom stereocenters. The van der Waals surface area contributed by atoms with Crippen molar-refractivity contribution in [3.63, 3.8) is 0 Å². The van der Waals surface area contributed by atoms with Gasteiger partial charge in [0, 0.05) is 35.8 Å². The van der Waals surface area contributed by atoms with Gasteiger partial charge in [0.1, 0.15) is 5.60 Å². The van der Waals surface area contributed by atoms with E-state index >= 15 is 0 Å². The third kappa shape index (κ3) is 4.89. The highest BCUT2D eigenvalue weighted by atomic mass is 16.6. The SMILES string of the molecule is Cc1c(-c2ccccn2)ccc2c(CCC3CCN(C(=O)OC(C)(C)C)CC3)noc12. The molecule has 31 heavy (non-hydrogen) atoms. The van der Waals surface area contributed by atoms with Crippen molar-refractivity contribution in [2.24, 2.45) is 5.92 Å². The molecule has 1 aliphatic heterocycles. The maximum atomic E-state index is 12.3. The van der Waals surface area contributed by atoms with Gasteiger partial charge < -0.3 is 14.2 Å². The van der Waals surface area contributed by atoms with Gasteiger partial charge in [-0.05, 0) is 77.5 Å². The maximum Gasteiger partial charge on any atom is 0.410 e. The van der Waals surface area contributed by atoms with E-state index in [1.54, 1.807) is 6.20 Å². The molecule has 0 radical (unpaired) electrons. The number of fused-ring (bicyclic) bond motifs is 1. The quantitative estimate of drug-likeness (QED) is 0.534. The first-order valence-corrected chi connectivity index (χ1v) is 11.1. The van der Waals surface area contributed by atoms with Crippen LogP contribution in [-0.4, -0.2) is 39.8 Å². The van der Waals surface area contributed by atoms with E-state index in [0.29, 0.717) is 5.92 Å². The maximum absolute atomic E-state index is 12.3. The van der Waals surface area contributed by atoms with E-state index in [1.165, 1.54) is 0 Å². The van der Waals surface area contributed by atoms with Gasteiger partial charge in [0.15, 0.2) is 5.58 Å². The number of carbonyl (C=O) groups excluding carboxylic acids is 1. The summed E-state index contributed by atoms with van der Waals surface area (Å²) < 4.78 is 11.2. The fraction of sp³-hybridized carbons (Fsp3) is 0.480. The molecule has 3 heterocycles. The van der Waals surface area contributed by atoms with Crippen molar-refractivity contribution < 1.29 is 14.1 Å². The van der Waals surface area contributed by atoms with Crippen LogP contribution in [0.15, 0.2) is 41.1 Å². The van der Waals surface area contributed by atoms with E-state index in [-0.39, 0.29) is 6.09 Å². The molecule has 1 fully saturated rings. The van der Waals surface area contributed by atoms with Gasteiger partial charge in [-0.15, -0.1) is 0 Å². The average molecular weight is 422 g/mol. The van der Waals surface area contributed by atoms with E-state index in [1.807, 2.05) is 43.9 Å². The molecule has 164 valence electrons. The Morgan fingerprint density at radius 3 is 2.65 bits per heavy atom. The zero-order valence-corrected chi connectivity index (χ0v) is 18.9. The number of likely N-dealkylation sites (tertiary alicyclic amines) is 1. The number of hydrogen-bond donors (Lipinski definition) is 0. The van der Waals surface area contributed by atoms with E-state index in [4.69, 9.17) is 9.26 Å². The summed E-state index contributed by atoms with van der Waals surface area (Å²) in [5, 5.41) is 5.47. The fourth-order valence-electron chi connectivity index (χ4n) is 4.24. The largest absolute Gasteiger partial charge is 0.444 e. The Morgan fingerprint density at radius 2 is 1.97 bits per heavy atom. The number of aryl methyl sites for hydroxylation is 2. The van der Waals surface area contributed by atoms with Crippen molar-refractivity contribution in [2.75, 3.05) is 13.1 Å². The van der Waals surface area contributed by atoms with Crippen LogP contribution in [0.3, 0.4) is 0 Å². The molecule has 1 saturated heterocycles. The van der Waals surface area contributed by atoms with Gasteiger partial charge in [-0.1, -0.05) is 17.3 Å². The molecule has 0 N–H and O–H groups in total. The van der Waals surface area contributed by atoms with Crippen LogP contribution in [0.4, 0.5) is 4.79 Å². The van der Waals surface area contributed by atoms with Gasteiger partial charge in [0.2, 0.25) is 0 Å². The Bertz CT molecular complexity index is 1050. The van der Waals surface area contributed by atoms with Crippen molar-refractivity contribution in [3.8, 4) is 11.3 Å². The molecule has 1 aromatic carbocycles. The van der Waals surface area contributed by atoms with Crippen molar-refractivity contribution in [3.05, 3.63) is 47.8 Å². The highest BCUT2D eigenvalue weighted by Gasteiger charge is 2.27. The summed E-state index contributed by atoms with van der Waals surface area (Å²) in [6.45, 7) is 9.29. The monoisotopic (exact) mass is 421 g/mol. The predicted octanol–water partition coefficient (Wildman–Crippen LogP) is 5.78. The van der Waals surface area contributed by atoms with Gasteiger partial charge in [0.05, 0.1) is 11.4 Å².